The van der Waals surface area contributed by atoms with Gasteiger partial charge in [-0.1, -0.05) is 0 Å². The summed E-state index contributed by atoms with van der Waals surface area (Å²) in [5.41, 5.74) is 5.43. The van der Waals surface area contributed by atoms with Gasteiger partial charge in [-0.15, -0.1) is 0 Å². The Morgan fingerprint density at radius 1 is 1.59 bits per heavy atom. The molecule has 0 aromatic rings. The van der Waals surface area contributed by atoms with E-state index in [1.54, 1.807) is 0 Å². The Hall–Kier alpha value is -1.47. The van der Waals surface area contributed by atoms with Crippen molar-refractivity contribution in [3.63, 3.8) is 0 Å². The normalized spacial score (nSPS) is 19.9. The molecule has 0 aliphatic carbocycles. The van der Waals surface area contributed by atoms with Gasteiger partial charge in [0, 0.05) is 26.6 Å². The highest BCUT2D eigenvalue weighted by molar-refractivity contribution is 6.05. The van der Waals surface area contributed by atoms with Gasteiger partial charge in [-0.3, -0.25) is 19.3 Å². The Kier molecular flexibility index (Phi) is 5.05. The third kappa shape index (κ3) is 3.79. The molecule has 3 amide bonds. The van der Waals surface area contributed by atoms with Crippen LogP contribution in [0.5, 0.6) is 0 Å². The van der Waals surface area contributed by atoms with E-state index in [4.69, 9.17) is 10.5 Å². The van der Waals surface area contributed by atoms with Gasteiger partial charge in [-0.2, -0.15) is 0 Å². The molecule has 1 saturated heterocycles. The molecule has 0 spiro atoms. The van der Waals surface area contributed by atoms with Gasteiger partial charge in [0.05, 0.1) is 19.1 Å². The molecule has 1 heterocycles. The molecular weight excluding hydrogens is 226 g/mol. The van der Waals surface area contributed by atoms with Gasteiger partial charge < -0.3 is 15.8 Å². The molecule has 1 rings (SSSR count). The Morgan fingerprint density at radius 3 is 2.82 bits per heavy atom. The first-order valence-corrected chi connectivity index (χ1v) is 5.41. The highest BCUT2D eigenvalue weighted by Crippen LogP contribution is 2.11. The summed E-state index contributed by atoms with van der Waals surface area (Å²) in [5, 5.41) is 2.60. The molecular formula is C10H17N3O4. The number of likely N-dealkylation sites (tertiary alicyclic amines) is 1. The summed E-state index contributed by atoms with van der Waals surface area (Å²) in [7, 11) is 1.54. The maximum absolute atomic E-state index is 11.4. The van der Waals surface area contributed by atoms with Crippen LogP contribution in [0.2, 0.25) is 0 Å². The van der Waals surface area contributed by atoms with Crippen molar-refractivity contribution in [1.29, 1.82) is 0 Å². The van der Waals surface area contributed by atoms with Crippen molar-refractivity contribution in [2.75, 3.05) is 26.8 Å². The van der Waals surface area contributed by atoms with Gasteiger partial charge in [-0.25, -0.2) is 0 Å². The molecule has 96 valence electrons. The second kappa shape index (κ2) is 6.31. The molecule has 7 heteroatoms. The maximum Gasteiger partial charge on any atom is 0.246 e. The Balaban J connectivity index is 2.28. The van der Waals surface area contributed by atoms with Gasteiger partial charge in [-0.05, 0) is 0 Å². The van der Waals surface area contributed by atoms with E-state index in [1.165, 1.54) is 7.11 Å². The lowest BCUT2D eigenvalue weighted by atomic mass is 10.3. The molecule has 0 saturated carbocycles. The van der Waals surface area contributed by atoms with Crippen molar-refractivity contribution in [3.05, 3.63) is 0 Å². The predicted molar refractivity (Wildman–Crippen MR) is 58.8 cm³/mol. The van der Waals surface area contributed by atoms with Crippen LogP contribution in [0.15, 0.2) is 0 Å². The molecule has 3 N–H and O–H groups in total. The Bertz CT molecular complexity index is 319. The molecule has 1 aliphatic rings. The Labute approximate surface area is 99.3 Å². The second-order valence-electron chi connectivity index (χ2n) is 3.79. The van der Waals surface area contributed by atoms with E-state index in [2.05, 4.69) is 5.32 Å². The van der Waals surface area contributed by atoms with Crippen LogP contribution in [0, 0.1) is 0 Å². The van der Waals surface area contributed by atoms with E-state index >= 15 is 0 Å². The number of rotatable bonds is 6. The summed E-state index contributed by atoms with van der Waals surface area (Å²) in [6.07, 6.45) is 0.123. The smallest absolute Gasteiger partial charge is 0.246 e. The molecule has 0 aromatic heterocycles. The maximum atomic E-state index is 11.4. The zero-order valence-corrected chi connectivity index (χ0v) is 9.77. The van der Waals surface area contributed by atoms with E-state index in [-0.39, 0.29) is 31.2 Å². The fraction of sp³-hybridized carbons (Fsp3) is 0.700. The van der Waals surface area contributed by atoms with Crippen LogP contribution >= 0.6 is 0 Å². The van der Waals surface area contributed by atoms with Crippen molar-refractivity contribution >= 4 is 17.7 Å². The number of nitrogens with two attached hydrogens (primary N) is 1. The first-order valence-electron chi connectivity index (χ1n) is 5.41. The predicted octanol–water partition coefficient (Wildman–Crippen LogP) is -1.77. The molecule has 0 aromatic carbocycles. The van der Waals surface area contributed by atoms with Crippen LogP contribution in [-0.2, 0) is 19.1 Å². The molecule has 1 aliphatic heterocycles. The van der Waals surface area contributed by atoms with E-state index < -0.39 is 11.9 Å². The van der Waals surface area contributed by atoms with Crippen LogP contribution in [0.25, 0.3) is 0 Å². The van der Waals surface area contributed by atoms with Gasteiger partial charge in [0.25, 0.3) is 0 Å². The molecule has 7 nitrogen and oxygen atoms in total. The summed E-state index contributed by atoms with van der Waals surface area (Å²) in [4.78, 5) is 35.1. The SMILES string of the molecule is COCCNC(=O)CCN1C(=O)CC(N)C1=O. The molecule has 17 heavy (non-hydrogen) atoms. The summed E-state index contributed by atoms with van der Waals surface area (Å²) in [6.45, 7) is 0.930. The van der Waals surface area contributed by atoms with Crippen LogP contribution < -0.4 is 11.1 Å². The zero-order valence-electron chi connectivity index (χ0n) is 9.77. The number of carbonyl (C=O) groups is 3. The minimum Gasteiger partial charge on any atom is -0.383 e. The number of amides is 3. The first kappa shape index (κ1) is 13.6. The van der Waals surface area contributed by atoms with Gasteiger partial charge in [0.1, 0.15) is 0 Å². The summed E-state index contributed by atoms with van der Waals surface area (Å²) < 4.78 is 4.77. The molecule has 1 unspecified atom stereocenters. The number of methoxy groups -OCH3 is 1. The fourth-order valence-electron chi connectivity index (χ4n) is 1.54. The number of hydrogen-bond donors (Lipinski definition) is 2. The van der Waals surface area contributed by atoms with E-state index in [0.717, 1.165) is 4.90 Å². The number of ether oxygens (including phenoxy) is 1. The highest BCUT2D eigenvalue weighted by atomic mass is 16.5. The highest BCUT2D eigenvalue weighted by Gasteiger charge is 2.35. The third-order valence-electron chi connectivity index (χ3n) is 2.47. The average molecular weight is 243 g/mol. The quantitative estimate of drug-likeness (QED) is 0.424. The number of hydrogen-bond acceptors (Lipinski definition) is 5. The zero-order chi connectivity index (χ0) is 12.8. The van der Waals surface area contributed by atoms with Gasteiger partial charge in [0.2, 0.25) is 17.7 Å². The van der Waals surface area contributed by atoms with Crippen LogP contribution in [0.1, 0.15) is 12.8 Å². The number of imide groups is 1. The first-order chi connectivity index (χ1) is 8.06. The van der Waals surface area contributed by atoms with E-state index in [1.807, 2.05) is 0 Å². The van der Waals surface area contributed by atoms with Crippen molar-refractivity contribution in [1.82, 2.24) is 10.2 Å². The van der Waals surface area contributed by atoms with Crippen molar-refractivity contribution < 1.29 is 19.1 Å². The van der Waals surface area contributed by atoms with Crippen LogP contribution in [0.3, 0.4) is 0 Å². The fourth-order valence-corrected chi connectivity index (χ4v) is 1.54. The van der Waals surface area contributed by atoms with E-state index in [0.29, 0.717) is 13.2 Å². The van der Waals surface area contributed by atoms with Gasteiger partial charge in [0.15, 0.2) is 0 Å². The summed E-state index contributed by atoms with van der Waals surface area (Å²) >= 11 is 0. The largest absolute Gasteiger partial charge is 0.383 e. The third-order valence-corrected chi connectivity index (χ3v) is 2.47. The average Bonchev–Trinajstić information content (AvgIpc) is 2.51. The van der Waals surface area contributed by atoms with E-state index in [9.17, 15) is 14.4 Å². The topological polar surface area (TPSA) is 102 Å². The monoisotopic (exact) mass is 243 g/mol. The lowest BCUT2D eigenvalue weighted by Gasteiger charge is -2.13. The van der Waals surface area contributed by atoms with Gasteiger partial charge >= 0.3 is 0 Å². The van der Waals surface area contributed by atoms with Crippen molar-refractivity contribution in [2.45, 2.75) is 18.9 Å². The number of carbonyl (C=O) groups excluding carboxylic acids is 3. The minimum atomic E-state index is -0.751. The lowest BCUT2D eigenvalue weighted by Crippen LogP contribution is -2.38. The summed E-state index contributed by atoms with van der Waals surface area (Å²) in [6, 6.07) is -0.751. The van der Waals surface area contributed by atoms with Crippen LogP contribution in [0.4, 0.5) is 0 Å². The Morgan fingerprint density at radius 2 is 2.29 bits per heavy atom. The molecule has 1 fully saturated rings. The number of nitrogens with zero attached hydrogens (tertiary/aromatic N) is 1. The minimum absolute atomic E-state index is 0.0319. The number of nitrogens with one attached hydrogen (secondary N) is 1. The molecule has 0 radical (unpaired) electrons. The van der Waals surface area contributed by atoms with Crippen molar-refractivity contribution in [3.8, 4) is 0 Å². The lowest BCUT2D eigenvalue weighted by molar-refractivity contribution is -0.139. The standard InChI is InChI=1S/C10H17N3O4/c1-17-5-3-12-8(14)2-4-13-9(15)6-7(11)10(13)16/h7H,2-6,11H2,1H3,(H,12,14). The van der Waals surface area contributed by atoms with Crippen molar-refractivity contribution in [2.24, 2.45) is 5.73 Å². The summed E-state index contributed by atoms with van der Waals surface area (Å²) in [5.74, 6) is -0.935. The molecule has 1 atom stereocenters. The second-order valence-corrected chi connectivity index (χ2v) is 3.79. The van der Waals surface area contributed by atoms with Crippen LogP contribution in [-0.4, -0.2) is 55.5 Å². The molecule has 0 bridgehead atoms.